The van der Waals surface area contributed by atoms with Crippen LogP contribution in [0.5, 0.6) is 0 Å². The summed E-state index contributed by atoms with van der Waals surface area (Å²) in [6.07, 6.45) is 1.56. The van der Waals surface area contributed by atoms with Gasteiger partial charge in [-0.25, -0.2) is 0 Å². The van der Waals surface area contributed by atoms with Gasteiger partial charge >= 0.3 is 5.97 Å². The molecule has 5 nitrogen and oxygen atoms in total. The number of nitrogens with zero attached hydrogens (tertiary/aromatic N) is 2. The van der Waals surface area contributed by atoms with Crippen LogP contribution >= 0.6 is 11.8 Å². The number of carbonyl (C=O) groups is 1. The zero-order chi connectivity index (χ0) is 15.5. The van der Waals surface area contributed by atoms with Crippen LogP contribution in [0.2, 0.25) is 0 Å². The molecule has 0 heterocycles. The van der Waals surface area contributed by atoms with E-state index in [4.69, 9.17) is 15.5 Å². The molecule has 1 rings (SSSR count). The number of aryl methyl sites for hydroxylation is 1. The number of carboxylic acid groups (broad SMARTS) is 1. The molecule has 0 amide bonds. The number of nitriles is 1. The molecule has 0 radical (unpaired) electrons. The van der Waals surface area contributed by atoms with E-state index in [1.54, 1.807) is 0 Å². The van der Waals surface area contributed by atoms with E-state index in [0.29, 0.717) is 25.3 Å². The van der Waals surface area contributed by atoms with E-state index in [1.165, 1.54) is 11.8 Å². The minimum absolute atomic E-state index is 0.0670. The fraction of sp³-hybridized carbons (Fsp3) is 0.467. The van der Waals surface area contributed by atoms with Gasteiger partial charge in [0.1, 0.15) is 5.40 Å². The Bertz CT molecular complexity index is 471. The number of anilines is 1. The molecule has 0 saturated heterocycles. The predicted molar refractivity (Wildman–Crippen MR) is 84.4 cm³/mol. The molecule has 0 aromatic heterocycles. The molecule has 21 heavy (non-hydrogen) atoms. The number of hydrogen-bond acceptors (Lipinski definition) is 5. The minimum Gasteiger partial charge on any atom is -0.481 e. The van der Waals surface area contributed by atoms with Gasteiger partial charge in [-0.15, -0.1) is 0 Å². The summed E-state index contributed by atoms with van der Waals surface area (Å²) in [5.74, 6) is -0.0765. The van der Waals surface area contributed by atoms with Gasteiger partial charge in [0.05, 0.1) is 6.61 Å². The molecule has 6 heteroatoms. The molecular formula is C15H20N2O3S. The fourth-order valence-electron chi connectivity index (χ4n) is 2.01. The van der Waals surface area contributed by atoms with Crippen molar-refractivity contribution in [3.63, 3.8) is 0 Å². The van der Waals surface area contributed by atoms with Gasteiger partial charge < -0.3 is 15.1 Å². The van der Waals surface area contributed by atoms with Crippen LogP contribution in [0.1, 0.15) is 18.4 Å². The Morgan fingerprint density at radius 1 is 1.29 bits per heavy atom. The average molecular weight is 308 g/mol. The van der Waals surface area contributed by atoms with Crippen molar-refractivity contribution < 1.29 is 15.0 Å². The second-order valence-corrected chi connectivity index (χ2v) is 5.44. The summed E-state index contributed by atoms with van der Waals surface area (Å²) in [4.78, 5) is 12.5. The third kappa shape index (κ3) is 7.02. The topological polar surface area (TPSA) is 84.6 Å². The maximum atomic E-state index is 10.5. The van der Waals surface area contributed by atoms with Gasteiger partial charge in [0.2, 0.25) is 0 Å². The third-order valence-electron chi connectivity index (χ3n) is 3.06. The molecule has 0 atom stereocenters. The van der Waals surface area contributed by atoms with Crippen molar-refractivity contribution in [1.29, 1.82) is 5.26 Å². The first-order chi connectivity index (χ1) is 10.2. The molecule has 2 N–H and O–H groups in total. The zero-order valence-corrected chi connectivity index (χ0v) is 12.7. The van der Waals surface area contributed by atoms with Crippen molar-refractivity contribution in [3.05, 3.63) is 29.8 Å². The van der Waals surface area contributed by atoms with Crippen LogP contribution in [-0.2, 0) is 11.2 Å². The quantitative estimate of drug-likeness (QED) is 0.509. The highest BCUT2D eigenvalue weighted by atomic mass is 32.2. The van der Waals surface area contributed by atoms with Crippen molar-refractivity contribution >= 4 is 23.4 Å². The second kappa shape index (κ2) is 10.1. The van der Waals surface area contributed by atoms with Gasteiger partial charge in [-0.1, -0.05) is 12.1 Å². The maximum Gasteiger partial charge on any atom is 0.303 e. The number of aliphatic hydroxyl groups is 1. The van der Waals surface area contributed by atoms with Crippen molar-refractivity contribution in [3.8, 4) is 5.40 Å². The lowest BCUT2D eigenvalue weighted by atomic mass is 10.1. The summed E-state index contributed by atoms with van der Waals surface area (Å²) in [5, 5.41) is 28.3. The van der Waals surface area contributed by atoms with E-state index >= 15 is 0 Å². The predicted octanol–water partition coefficient (Wildman–Crippen LogP) is 2.11. The summed E-state index contributed by atoms with van der Waals surface area (Å²) < 4.78 is 0. The van der Waals surface area contributed by atoms with Crippen molar-refractivity contribution in [1.82, 2.24) is 0 Å². The molecule has 0 aliphatic heterocycles. The van der Waals surface area contributed by atoms with Crippen LogP contribution in [0.4, 0.5) is 5.69 Å². The monoisotopic (exact) mass is 308 g/mol. The largest absolute Gasteiger partial charge is 0.481 e. The van der Waals surface area contributed by atoms with Crippen molar-refractivity contribution in [2.45, 2.75) is 19.3 Å². The molecular weight excluding hydrogens is 288 g/mol. The summed E-state index contributed by atoms with van der Waals surface area (Å²) in [6.45, 7) is 1.30. The average Bonchev–Trinajstić information content (AvgIpc) is 2.47. The van der Waals surface area contributed by atoms with Crippen LogP contribution < -0.4 is 4.90 Å². The van der Waals surface area contributed by atoms with Gasteiger partial charge in [-0.2, -0.15) is 5.26 Å². The Balaban J connectivity index is 2.56. The van der Waals surface area contributed by atoms with Gasteiger partial charge in [-0.05, 0) is 42.3 Å². The molecule has 1 aromatic carbocycles. The van der Waals surface area contributed by atoms with Gasteiger partial charge in [0.25, 0.3) is 0 Å². The van der Waals surface area contributed by atoms with E-state index in [2.05, 4.69) is 0 Å². The van der Waals surface area contributed by atoms with E-state index in [1.807, 2.05) is 34.6 Å². The highest BCUT2D eigenvalue weighted by Gasteiger charge is 2.06. The summed E-state index contributed by atoms with van der Waals surface area (Å²) in [6, 6.07) is 7.92. The Hall–Kier alpha value is -1.71. The van der Waals surface area contributed by atoms with Crippen LogP contribution in [0.25, 0.3) is 0 Å². The van der Waals surface area contributed by atoms with Crippen LogP contribution in [-0.4, -0.2) is 41.6 Å². The lowest BCUT2D eigenvalue weighted by molar-refractivity contribution is -0.137. The smallest absolute Gasteiger partial charge is 0.303 e. The number of aliphatic carboxylic acids is 1. The second-order valence-electron chi connectivity index (χ2n) is 4.56. The molecule has 0 bridgehead atoms. The first kappa shape index (κ1) is 17.3. The summed E-state index contributed by atoms with van der Waals surface area (Å²) >= 11 is 1.20. The van der Waals surface area contributed by atoms with Crippen molar-refractivity contribution in [2.75, 3.05) is 30.3 Å². The first-order valence-corrected chi connectivity index (χ1v) is 7.83. The lowest BCUT2D eigenvalue weighted by Gasteiger charge is -2.23. The highest BCUT2D eigenvalue weighted by Crippen LogP contribution is 2.17. The molecule has 0 spiro atoms. The Labute approximate surface area is 129 Å². The Morgan fingerprint density at radius 2 is 2.00 bits per heavy atom. The number of thiocyanates is 1. The number of aliphatic hydroxyl groups excluding tert-OH is 1. The Kier molecular flexibility index (Phi) is 8.32. The number of benzene rings is 1. The number of hydrogen-bond donors (Lipinski definition) is 2. The number of carboxylic acids is 1. The molecule has 114 valence electrons. The van der Waals surface area contributed by atoms with Gasteiger partial charge in [0, 0.05) is 31.0 Å². The molecule has 1 aromatic rings. The van der Waals surface area contributed by atoms with Crippen LogP contribution in [0.15, 0.2) is 24.3 Å². The fourth-order valence-corrected chi connectivity index (χ4v) is 2.41. The van der Waals surface area contributed by atoms with Crippen LogP contribution in [0.3, 0.4) is 0 Å². The summed E-state index contributed by atoms with van der Waals surface area (Å²) in [7, 11) is 0. The Morgan fingerprint density at radius 3 is 2.57 bits per heavy atom. The third-order valence-corrected chi connectivity index (χ3v) is 3.57. The number of thioether (sulfide) groups is 1. The zero-order valence-electron chi connectivity index (χ0n) is 11.9. The van der Waals surface area contributed by atoms with Crippen LogP contribution in [0, 0.1) is 10.7 Å². The van der Waals surface area contributed by atoms with E-state index in [-0.39, 0.29) is 13.0 Å². The standard InChI is InChI=1S/C15H20N2O3S/c16-12-21-11-9-17(8-10-18)14-6-4-13(5-7-14)2-1-3-15(19)20/h4-7,18H,1-3,8-11H2,(H,19,20). The molecule has 0 saturated carbocycles. The SMILES string of the molecule is N#CSCCN(CCO)c1ccc(CCCC(=O)O)cc1. The normalized spacial score (nSPS) is 10.1. The van der Waals surface area contributed by atoms with E-state index in [0.717, 1.165) is 17.7 Å². The van der Waals surface area contributed by atoms with Crippen molar-refractivity contribution in [2.24, 2.45) is 0 Å². The van der Waals surface area contributed by atoms with Gasteiger partial charge in [-0.3, -0.25) is 4.79 Å². The molecule has 0 fully saturated rings. The maximum absolute atomic E-state index is 10.5. The van der Waals surface area contributed by atoms with Gasteiger partial charge in [0.15, 0.2) is 0 Å². The number of rotatable bonds is 10. The summed E-state index contributed by atoms with van der Waals surface area (Å²) in [5.41, 5.74) is 2.11. The minimum atomic E-state index is -0.768. The highest BCUT2D eigenvalue weighted by molar-refractivity contribution is 8.03. The molecule has 0 aliphatic carbocycles. The van der Waals surface area contributed by atoms with E-state index in [9.17, 15) is 4.79 Å². The molecule has 0 aliphatic rings. The first-order valence-electron chi connectivity index (χ1n) is 6.84. The molecule has 0 unspecified atom stereocenters. The van der Waals surface area contributed by atoms with E-state index < -0.39 is 5.97 Å². The lowest BCUT2D eigenvalue weighted by Crippen LogP contribution is -2.28.